The van der Waals surface area contributed by atoms with Crippen LogP contribution < -0.4 is 10.1 Å². The Balaban J connectivity index is 1.37. The molecule has 1 heterocycles. The van der Waals surface area contributed by atoms with Gasteiger partial charge in [0.05, 0.1) is 0 Å². The maximum absolute atomic E-state index is 12.5. The van der Waals surface area contributed by atoms with Crippen LogP contribution in [0.25, 0.3) is 11.1 Å². The van der Waals surface area contributed by atoms with Crippen LogP contribution in [0.15, 0.2) is 78.6 Å². The largest absolute Gasteiger partial charge is 0.424 e. The van der Waals surface area contributed by atoms with Gasteiger partial charge in [0, 0.05) is 30.1 Å². The normalized spacial score (nSPS) is 13.4. The summed E-state index contributed by atoms with van der Waals surface area (Å²) in [6.07, 6.45) is 11.5. The summed E-state index contributed by atoms with van der Waals surface area (Å²) >= 11 is 0. The van der Waals surface area contributed by atoms with Gasteiger partial charge in [-0.25, -0.2) is 9.97 Å². The van der Waals surface area contributed by atoms with Crippen molar-refractivity contribution in [2.45, 2.75) is 32.1 Å². The quantitative estimate of drug-likeness (QED) is 0.529. The minimum atomic E-state index is -0.0572. The second-order valence-corrected chi connectivity index (χ2v) is 7.36. The monoisotopic (exact) mass is 399 g/mol. The van der Waals surface area contributed by atoms with E-state index in [0.717, 1.165) is 24.0 Å². The number of amides is 1. The molecule has 0 fully saturated rings. The number of carbonyl (C=O) groups is 1. The van der Waals surface area contributed by atoms with E-state index in [0.29, 0.717) is 17.9 Å². The third-order valence-electron chi connectivity index (χ3n) is 5.16. The van der Waals surface area contributed by atoms with Gasteiger partial charge in [-0.05, 0) is 61.9 Å². The van der Waals surface area contributed by atoms with Crippen molar-refractivity contribution in [3.05, 3.63) is 84.2 Å². The van der Waals surface area contributed by atoms with Gasteiger partial charge in [0.25, 0.3) is 5.91 Å². The van der Waals surface area contributed by atoms with Gasteiger partial charge in [-0.1, -0.05) is 42.0 Å². The number of hydrogen-bond acceptors (Lipinski definition) is 4. The number of rotatable bonds is 7. The molecular weight excluding hydrogens is 374 g/mol. The molecule has 3 aromatic rings. The minimum Gasteiger partial charge on any atom is -0.424 e. The highest BCUT2D eigenvalue weighted by molar-refractivity contribution is 5.95. The molecular formula is C25H25N3O2. The SMILES string of the molecule is O=C(NCCC1=CCCCC1)c1cccc(-c2cnc(Oc3ccccc3)nc2)c1. The van der Waals surface area contributed by atoms with Crippen LogP contribution >= 0.6 is 0 Å². The zero-order valence-electron chi connectivity index (χ0n) is 16.9. The molecule has 0 bridgehead atoms. The number of nitrogens with one attached hydrogen (secondary N) is 1. The molecule has 2 aromatic carbocycles. The van der Waals surface area contributed by atoms with Gasteiger partial charge in [0.1, 0.15) is 5.75 Å². The average molecular weight is 399 g/mol. The predicted octanol–water partition coefficient (Wildman–Crippen LogP) is 5.56. The van der Waals surface area contributed by atoms with E-state index in [1.165, 1.54) is 24.8 Å². The van der Waals surface area contributed by atoms with Crippen LogP contribution in [0, 0.1) is 0 Å². The molecule has 1 aromatic heterocycles. The number of nitrogens with zero attached hydrogens (tertiary/aromatic N) is 2. The molecule has 152 valence electrons. The van der Waals surface area contributed by atoms with Crippen LogP contribution in [-0.2, 0) is 0 Å². The fourth-order valence-corrected chi connectivity index (χ4v) is 3.52. The van der Waals surface area contributed by atoms with Crippen molar-refractivity contribution in [2.75, 3.05) is 6.54 Å². The van der Waals surface area contributed by atoms with E-state index in [9.17, 15) is 4.79 Å². The van der Waals surface area contributed by atoms with Crippen LogP contribution in [0.3, 0.4) is 0 Å². The summed E-state index contributed by atoms with van der Waals surface area (Å²) < 4.78 is 5.63. The summed E-state index contributed by atoms with van der Waals surface area (Å²) in [4.78, 5) is 21.1. The van der Waals surface area contributed by atoms with E-state index in [1.54, 1.807) is 12.4 Å². The van der Waals surface area contributed by atoms with Crippen molar-refractivity contribution >= 4 is 5.91 Å². The van der Waals surface area contributed by atoms with Crippen LogP contribution in [-0.4, -0.2) is 22.4 Å². The number of benzene rings is 2. The molecule has 1 aliphatic carbocycles. The highest BCUT2D eigenvalue weighted by atomic mass is 16.5. The number of ether oxygens (including phenoxy) is 1. The zero-order chi connectivity index (χ0) is 20.6. The van der Waals surface area contributed by atoms with Crippen molar-refractivity contribution in [1.29, 1.82) is 0 Å². The first-order valence-corrected chi connectivity index (χ1v) is 10.4. The van der Waals surface area contributed by atoms with Crippen molar-refractivity contribution in [1.82, 2.24) is 15.3 Å². The van der Waals surface area contributed by atoms with Gasteiger partial charge in [-0.15, -0.1) is 0 Å². The standard InChI is InChI=1S/C25H25N3O2/c29-24(26-15-14-19-8-3-1-4-9-19)21-11-7-10-20(16-21)22-17-27-25(28-18-22)30-23-12-5-2-6-13-23/h2,5-8,10-13,16-18H,1,3-4,9,14-15H2,(H,26,29). The van der Waals surface area contributed by atoms with Crippen molar-refractivity contribution in [2.24, 2.45) is 0 Å². The van der Waals surface area contributed by atoms with Crippen molar-refractivity contribution < 1.29 is 9.53 Å². The maximum Gasteiger partial charge on any atom is 0.321 e. The van der Waals surface area contributed by atoms with Gasteiger partial charge in [-0.3, -0.25) is 4.79 Å². The summed E-state index contributed by atoms with van der Waals surface area (Å²) in [5.74, 6) is 0.631. The third kappa shape index (κ3) is 5.32. The summed E-state index contributed by atoms with van der Waals surface area (Å²) in [7, 11) is 0. The molecule has 0 saturated heterocycles. The number of allylic oxidation sites excluding steroid dienone is 1. The van der Waals surface area contributed by atoms with E-state index in [1.807, 2.05) is 54.6 Å². The molecule has 1 N–H and O–H groups in total. The third-order valence-corrected chi connectivity index (χ3v) is 5.16. The average Bonchev–Trinajstić information content (AvgIpc) is 2.81. The Kier molecular flexibility index (Phi) is 6.50. The van der Waals surface area contributed by atoms with Crippen LogP contribution in [0.1, 0.15) is 42.5 Å². The molecule has 1 aliphatic rings. The fourth-order valence-electron chi connectivity index (χ4n) is 3.52. The van der Waals surface area contributed by atoms with E-state index in [-0.39, 0.29) is 11.9 Å². The Bertz CT molecular complexity index is 1010. The first kappa shape index (κ1) is 19.8. The number of carbonyl (C=O) groups excluding carboxylic acids is 1. The number of aromatic nitrogens is 2. The lowest BCUT2D eigenvalue weighted by atomic mass is 9.97. The van der Waals surface area contributed by atoms with E-state index in [4.69, 9.17) is 4.74 Å². The molecule has 5 heteroatoms. The predicted molar refractivity (Wildman–Crippen MR) is 117 cm³/mol. The van der Waals surface area contributed by atoms with Crippen LogP contribution in [0.5, 0.6) is 11.8 Å². The molecule has 0 unspecified atom stereocenters. The fraction of sp³-hybridized carbons (Fsp3) is 0.240. The Hall–Kier alpha value is -3.47. The molecule has 0 saturated carbocycles. The van der Waals surface area contributed by atoms with Gasteiger partial charge < -0.3 is 10.1 Å². The molecule has 0 aliphatic heterocycles. The van der Waals surface area contributed by atoms with E-state index >= 15 is 0 Å². The lowest BCUT2D eigenvalue weighted by Gasteiger charge is -2.13. The van der Waals surface area contributed by atoms with Gasteiger partial charge in [0.2, 0.25) is 0 Å². The molecule has 4 rings (SSSR count). The zero-order valence-corrected chi connectivity index (χ0v) is 16.9. The summed E-state index contributed by atoms with van der Waals surface area (Å²) in [5.41, 5.74) is 3.82. The summed E-state index contributed by atoms with van der Waals surface area (Å²) in [6.45, 7) is 0.670. The number of para-hydroxylation sites is 1. The Morgan fingerprint density at radius 3 is 2.57 bits per heavy atom. The molecule has 30 heavy (non-hydrogen) atoms. The van der Waals surface area contributed by atoms with Gasteiger partial charge in [-0.2, -0.15) is 0 Å². The van der Waals surface area contributed by atoms with Gasteiger partial charge in [0.15, 0.2) is 0 Å². The molecule has 0 spiro atoms. The lowest BCUT2D eigenvalue weighted by Crippen LogP contribution is -2.24. The summed E-state index contributed by atoms with van der Waals surface area (Å²) in [5, 5.41) is 3.03. The molecule has 0 radical (unpaired) electrons. The second-order valence-electron chi connectivity index (χ2n) is 7.36. The molecule has 5 nitrogen and oxygen atoms in total. The Morgan fingerprint density at radius 1 is 0.967 bits per heavy atom. The lowest BCUT2D eigenvalue weighted by molar-refractivity contribution is 0.0954. The molecule has 0 atom stereocenters. The first-order valence-electron chi connectivity index (χ1n) is 10.4. The van der Waals surface area contributed by atoms with Crippen LogP contribution in [0.4, 0.5) is 0 Å². The van der Waals surface area contributed by atoms with Gasteiger partial charge >= 0.3 is 6.01 Å². The van der Waals surface area contributed by atoms with Crippen molar-refractivity contribution in [3.8, 4) is 22.9 Å². The first-order chi connectivity index (χ1) is 14.8. The van der Waals surface area contributed by atoms with Crippen LogP contribution in [0.2, 0.25) is 0 Å². The maximum atomic E-state index is 12.5. The summed E-state index contributed by atoms with van der Waals surface area (Å²) in [6, 6.07) is 17.2. The Labute approximate surface area is 176 Å². The molecule has 1 amide bonds. The topological polar surface area (TPSA) is 64.1 Å². The van der Waals surface area contributed by atoms with E-state index < -0.39 is 0 Å². The Morgan fingerprint density at radius 2 is 1.80 bits per heavy atom. The second kappa shape index (κ2) is 9.83. The minimum absolute atomic E-state index is 0.0572. The van der Waals surface area contributed by atoms with E-state index in [2.05, 4.69) is 21.4 Å². The smallest absolute Gasteiger partial charge is 0.321 e. The number of hydrogen-bond donors (Lipinski definition) is 1. The van der Waals surface area contributed by atoms with Crippen molar-refractivity contribution in [3.63, 3.8) is 0 Å². The highest BCUT2D eigenvalue weighted by Crippen LogP contribution is 2.22. The highest BCUT2D eigenvalue weighted by Gasteiger charge is 2.09.